The highest BCUT2D eigenvalue weighted by Crippen LogP contribution is 2.28. The van der Waals surface area contributed by atoms with Gasteiger partial charge in [0.15, 0.2) is 0 Å². The Morgan fingerprint density at radius 2 is 1.88 bits per heavy atom. The Labute approximate surface area is 155 Å². The molecule has 25 heavy (non-hydrogen) atoms. The van der Waals surface area contributed by atoms with Crippen molar-refractivity contribution in [1.29, 1.82) is 0 Å². The summed E-state index contributed by atoms with van der Waals surface area (Å²) in [5.74, 6) is 0.425. The van der Waals surface area contributed by atoms with Crippen molar-refractivity contribution < 1.29 is 0 Å². The average molecular weight is 354 g/mol. The van der Waals surface area contributed by atoms with E-state index in [1.165, 1.54) is 22.1 Å². The van der Waals surface area contributed by atoms with Crippen molar-refractivity contribution in [3.8, 4) is 0 Å². The summed E-state index contributed by atoms with van der Waals surface area (Å²) in [5.41, 5.74) is 11.5. The van der Waals surface area contributed by atoms with Crippen molar-refractivity contribution >= 4 is 23.3 Å². The maximum atomic E-state index is 6.42. The normalized spacial score (nSPS) is 20.6. The standard InChI is InChI=1S/C21H23N3.ClH/c1-15-10-16(11-18-8-5-9-23-21(15)18)12-24-13-19(20(22)14-24)17-6-3-2-4-7-17;/h2-11,19-20H,12-14,22H2,1H3;1H/t19-,20+;/m0./s1. The molecular weight excluding hydrogens is 330 g/mol. The minimum atomic E-state index is 0. The van der Waals surface area contributed by atoms with Gasteiger partial charge in [-0.05, 0) is 35.7 Å². The highest BCUT2D eigenvalue weighted by atomic mass is 35.5. The minimum absolute atomic E-state index is 0. The van der Waals surface area contributed by atoms with Crippen molar-refractivity contribution in [1.82, 2.24) is 9.88 Å². The molecule has 0 bridgehead atoms. The molecule has 2 atom stereocenters. The molecule has 3 nitrogen and oxygen atoms in total. The van der Waals surface area contributed by atoms with E-state index in [1.807, 2.05) is 12.3 Å². The molecular formula is C21H24ClN3. The van der Waals surface area contributed by atoms with Gasteiger partial charge in [-0.3, -0.25) is 9.88 Å². The zero-order chi connectivity index (χ0) is 16.5. The molecule has 1 fully saturated rings. The summed E-state index contributed by atoms with van der Waals surface area (Å²) in [7, 11) is 0. The maximum Gasteiger partial charge on any atom is 0.0731 e. The quantitative estimate of drug-likeness (QED) is 0.776. The topological polar surface area (TPSA) is 42.1 Å². The van der Waals surface area contributed by atoms with Crippen LogP contribution in [-0.4, -0.2) is 29.0 Å². The van der Waals surface area contributed by atoms with Crippen LogP contribution in [0.1, 0.15) is 22.6 Å². The molecule has 1 aliphatic rings. The number of rotatable bonds is 3. The molecule has 2 aromatic carbocycles. The van der Waals surface area contributed by atoms with Crippen LogP contribution < -0.4 is 5.73 Å². The first-order chi connectivity index (χ1) is 11.7. The largest absolute Gasteiger partial charge is 0.326 e. The van der Waals surface area contributed by atoms with Gasteiger partial charge in [-0.2, -0.15) is 0 Å². The van der Waals surface area contributed by atoms with Crippen LogP contribution in [0.15, 0.2) is 60.8 Å². The molecule has 3 aromatic rings. The second-order valence-electron chi connectivity index (χ2n) is 6.86. The predicted molar refractivity (Wildman–Crippen MR) is 106 cm³/mol. The predicted octanol–water partition coefficient (Wildman–Crippen LogP) is 3.89. The molecule has 130 valence electrons. The Morgan fingerprint density at radius 3 is 2.68 bits per heavy atom. The number of nitrogens with zero attached hydrogens (tertiary/aromatic N) is 2. The molecule has 1 aromatic heterocycles. The van der Waals surface area contributed by atoms with Gasteiger partial charge < -0.3 is 5.73 Å². The minimum Gasteiger partial charge on any atom is -0.326 e. The van der Waals surface area contributed by atoms with E-state index < -0.39 is 0 Å². The van der Waals surface area contributed by atoms with Crippen LogP contribution in [0.4, 0.5) is 0 Å². The van der Waals surface area contributed by atoms with E-state index >= 15 is 0 Å². The van der Waals surface area contributed by atoms with Gasteiger partial charge in [-0.1, -0.05) is 42.5 Å². The molecule has 0 unspecified atom stereocenters. The van der Waals surface area contributed by atoms with Crippen LogP contribution in [0.3, 0.4) is 0 Å². The summed E-state index contributed by atoms with van der Waals surface area (Å²) in [5, 5.41) is 1.22. The zero-order valence-electron chi connectivity index (χ0n) is 14.4. The fourth-order valence-electron chi connectivity index (χ4n) is 3.90. The lowest BCUT2D eigenvalue weighted by atomic mass is 9.95. The summed E-state index contributed by atoms with van der Waals surface area (Å²) < 4.78 is 0. The number of hydrogen-bond acceptors (Lipinski definition) is 3. The van der Waals surface area contributed by atoms with Crippen molar-refractivity contribution in [3.05, 3.63) is 77.5 Å². The van der Waals surface area contributed by atoms with E-state index in [-0.39, 0.29) is 18.4 Å². The van der Waals surface area contributed by atoms with Crippen LogP contribution in [0.5, 0.6) is 0 Å². The van der Waals surface area contributed by atoms with E-state index in [9.17, 15) is 0 Å². The first kappa shape index (κ1) is 17.9. The Balaban J connectivity index is 0.00000182. The molecule has 0 spiro atoms. The van der Waals surface area contributed by atoms with Crippen LogP contribution in [0.2, 0.25) is 0 Å². The number of aryl methyl sites for hydroxylation is 1. The summed E-state index contributed by atoms with van der Waals surface area (Å²) in [4.78, 5) is 6.96. The van der Waals surface area contributed by atoms with Crippen molar-refractivity contribution in [2.75, 3.05) is 13.1 Å². The van der Waals surface area contributed by atoms with E-state index in [4.69, 9.17) is 5.73 Å². The Morgan fingerprint density at radius 1 is 1.08 bits per heavy atom. The lowest BCUT2D eigenvalue weighted by Crippen LogP contribution is -2.28. The van der Waals surface area contributed by atoms with E-state index in [0.29, 0.717) is 5.92 Å². The molecule has 0 radical (unpaired) electrons. The first-order valence-corrected chi connectivity index (χ1v) is 8.58. The highest BCUT2D eigenvalue weighted by Gasteiger charge is 2.31. The molecule has 4 heteroatoms. The van der Waals surface area contributed by atoms with Gasteiger partial charge in [-0.15, -0.1) is 12.4 Å². The van der Waals surface area contributed by atoms with Crippen LogP contribution in [0, 0.1) is 6.92 Å². The molecule has 1 saturated heterocycles. The van der Waals surface area contributed by atoms with Gasteiger partial charge in [-0.25, -0.2) is 0 Å². The average Bonchev–Trinajstić information content (AvgIpc) is 2.96. The molecule has 2 N–H and O–H groups in total. The molecule has 0 aliphatic carbocycles. The third kappa shape index (κ3) is 3.69. The van der Waals surface area contributed by atoms with Gasteiger partial charge in [0.1, 0.15) is 0 Å². The number of likely N-dealkylation sites (tertiary alicyclic amines) is 1. The first-order valence-electron chi connectivity index (χ1n) is 8.58. The molecule has 0 saturated carbocycles. The number of fused-ring (bicyclic) bond motifs is 1. The Kier molecular flexibility index (Phi) is 5.38. The second-order valence-corrected chi connectivity index (χ2v) is 6.86. The molecule has 4 rings (SSSR count). The maximum absolute atomic E-state index is 6.42. The fourth-order valence-corrected chi connectivity index (χ4v) is 3.90. The van der Waals surface area contributed by atoms with Crippen LogP contribution >= 0.6 is 12.4 Å². The number of hydrogen-bond donors (Lipinski definition) is 1. The number of aromatic nitrogens is 1. The second kappa shape index (κ2) is 7.52. The number of nitrogens with two attached hydrogens (primary N) is 1. The number of benzene rings is 2. The monoisotopic (exact) mass is 353 g/mol. The molecule has 2 heterocycles. The lowest BCUT2D eigenvalue weighted by molar-refractivity contribution is 0.324. The Hall–Kier alpha value is -1.94. The van der Waals surface area contributed by atoms with E-state index in [2.05, 4.69) is 65.3 Å². The van der Waals surface area contributed by atoms with Crippen molar-refractivity contribution in [3.63, 3.8) is 0 Å². The third-order valence-corrected chi connectivity index (χ3v) is 5.03. The number of pyridine rings is 1. The summed E-state index contributed by atoms with van der Waals surface area (Å²) >= 11 is 0. The lowest BCUT2D eigenvalue weighted by Gasteiger charge is -2.17. The van der Waals surface area contributed by atoms with E-state index in [1.54, 1.807) is 0 Å². The molecule has 1 aliphatic heterocycles. The smallest absolute Gasteiger partial charge is 0.0731 e. The van der Waals surface area contributed by atoms with Crippen LogP contribution in [0.25, 0.3) is 10.9 Å². The van der Waals surface area contributed by atoms with Gasteiger partial charge in [0.05, 0.1) is 5.52 Å². The van der Waals surface area contributed by atoms with Gasteiger partial charge >= 0.3 is 0 Å². The number of halogens is 1. The van der Waals surface area contributed by atoms with Crippen molar-refractivity contribution in [2.24, 2.45) is 5.73 Å². The highest BCUT2D eigenvalue weighted by molar-refractivity contribution is 5.85. The summed E-state index contributed by atoms with van der Waals surface area (Å²) in [6, 6.07) is 19.5. The van der Waals surface area contributed by atoms with Gasteiger partial charge in [0.25, 0.3) is 0 Å². The van der Waals surface area contributed by atoms with Crippen LogP contribution in [-0.2, 0) is 6.54 Å². The summed E-state index contributed by atoms with van der Waals surface area (Å²) in [6.45, 7) is 5.06. The summed E-state index contributed by atoms with van der Waals surface area (Å²) in [6.07, 6.45) is 1.86. The van der Waals surface area contributed by atoms with Gasteiger partial charge in [0, 0.05) is 43.2 Å². The zero-order valence-corrected chi connectivity index (χ0v) is 15.2. The SMILES string of the molecule is Cc1cc(CN2C[C@@H](N)[C@H](c3ccccc3)C2)cc2cccnc12.Cl. The fraction of sp³-hybridized carbons (Fsp3) is 0.286. The molecule has 0 amide bonds. The van der Waals surface area contributed by atoms with Crippen molar-refractivity contribution in [2.45, 2.75) is 25.4 Å². The third-order valence-electron chi connectivity index (χ3n) is 5.03. The Bertz CT molecular complexity index is 850. The van der Waals surface area contributed by atoms with Gasteiger partial charge in [0.2, 0.25) is 0 Å². The van der Waals surface area contributed by atoms with E-state index in [0.717, 1.165) is 25.2 Å².